The molecule has 0 bridgehead atoms. The van der Waals surface area contributed by atoms with E-state index in [0.29, 0.717) is 28.8 Å². The van der Waals surface area contributed by atoms with Crippen molar-refractivity contribution in [3.8, 4) is 5.75 Å². The molecule has 0 aromatic heterocycles. The molecule has 0 saturated heterocycles. The summed E-state index contributed by atoms with van der Waals surface area (Å²) in [7, 11) is -3.87. The van der Waals surface area contributed by atoms with Crippen LogP contribution in [-0.2, 0) is 10.0 Å². The average Bonchev–Trinajstić information content (AvgIpc) is 2.73. The monoisotopic (exact) mass is 444 g/mol. The van der Waals surface area contributed by atoms with Crippen molar-refractivity contribution in [2.24, 2.45) is 0 Å². The summed E-state index contributed by atoms with van der Waals surface area (Å²) in [5, 5.41) is 3.29. The number of ether oxygens (including phenoxy) is 1. The molecular formula is C22H21ClN2O4S. The average molecular weight is 445 g/mol. The molecule has 2 N–H and O–H groups in total. The molecule has 0 radical (unpaired) electrons. The quantitative estimate of drug-likeness (QED) is 0.531. The second-order valence-electron chi connectivity index (χ2n) is 6.46. The standard InChI is InChI=1S/C22H21ClN2O4S/c1-3-29-18-12-10-17(11-13-18)25-30(27,28)19-7-4-6-16(14-19)22(26)24-21-9-5-8-20(23)15(21)2/h4-14,25H,3H2,1-2H3,(H,24,26). The lowest BCUT2D eigenvalue weighted by atomic mass is 10.1. The van der Waals surface area contributed by atoms with E-state index in [2.05, 4.69) is 10.0 Å². The highest BCUT2D eigenvalue weighted by molar-refractivity contribution is 7.92. The molecule has 0 spiro atoms. The third kappa shape index (κ3) is 5.11. The lowest BCUT2D eigenvalue weighted by Gasteiger charge is -2.12. The molecule has 8 heteroatoms. The summed E-state index contributed by atoms with van der Waals surface area (Å²) >= 11 is 6.09. The molecule has 0 aliphatic carbocycles. The Bertz CT molecular complexity index is 1160. The molecule has 1 amide bonds. The highest BCUT2D eigenvalue weighted by Crippen LogP contribution is 2.24. The van der Waals surface area contributed by atoms with Crippen LogP contribution in [0, 0.1) is 6.92 Å². The zero-order valence-electron chi connectivity index (χ0n) is 16.5. The van der Waals surface area contributed by atoms with Gasteiger partial charge in [0.05, 0.1) is 11.5 Å². The van der Waals surface area contributed by atoms with Gasteiger partial charge in [-0.2, -0.15) is 0 Å². The predicted molar refractivity (Wildman–Crippen MR) is 119 cm³/mol. The fraction of sp³-hybridized carbons (Fsp3) is 0.136. The van der Waals surface area contributed by atoms with Gasteiger partial charge in [0.25, 0.3) is 15.9 Å². The van der Waals surface area contributed by atoms with Gasteiger partial charge in [0.15, 0.2) is 0 Å². The smallest absolute Gasteiger partial charge is 0.261 e. The molecule has 156 valence electrons. The summed E-state index contributed by atoms with van der Waals surface area (Å²) < 4.78 is 33.4. The normalized spacial score (nSPS) is 11.0. The summed E-state index contributed by atoms with van der Waals surface area (Å²) in [5.41, 5.74) is 1.90. The third-order valence-electron chi connectivity index (χ3n) is 4.34. The summed E-state index contributed by atoms with van der Waals surface area (Å²) in [4.78, 5) is 12.6. The van der Waals surface area contributed by atoms with Crippen molar-refractivity contribution in [1.82, 2.24) is 0 Å². The maximum Gasteiger partial charge on any atom is 0.261 e. The Morgan fingerprint density at radius 2 is 1.73 bits per heavy atom. The fourth-order valence-electron chi connectivity index (χ4n) is 2.74. The van der Waals surface area contributed by atoms with Gasteiger partial charge >= 0.3 is 0 Å². The number of nitrogens with one attached hydrogen (secondary N) is 2. The first-order valence-electron chi connectivity index (χ1n) is 9.22. The van der Waals surface area contributed by atoms with Gasteiger partial charge in [0.1, 0.15) is 5.75 Å². The van der Waals surface area contributed by atoms with Gasteiger partial charge in [-0.15, -0.1) is 0 Å². The number of carbonyl (C=O) groups is 1. The maximum absolute atomic E-state index is 12.8. The first-order chi connectivity index (χ1) is 14.3. The molecule has 0 aliphatic heterocycles. The van der Waals surface area contributed by atoms with Crippen molar-refractivity contribution in [2.75, 3.05) is 16.6 Å². The van der Waals surface area contributed by atoms with E-state index in [1.54, 1.807) is 55.5 Å². The van der Waals surface area contributed by atoms with E-state index in [1.807, 2.05) is 6.92 Å². The lowest BCUT2D eigenvalue weighted by Crippen LogP contribution is -2.16. The minimum Gasteiger partial charge on any atom is -0.494 e. The van der Waals surface area contributed by atoms with E-state index in [1.165, 1.54) is 18.2 Å². The van der Waals surface area contributed by atoms with Crippen molar-refractivity contribution in [2.45, 2.75) is 18.7 Å². The van der Waals surface area contributed by atoms with Gasteiger partial charge in [-0.3, -0.25) is 9.52 Å². The van der Waals surface area contributed by atoms with E-state index < -0.39 is 15.9 Å². The van der Waals surface area contributed by atoms with E-state index >= 15 is 0 Å². The third-order valence-corrected chi connectivity index (χ3v) is 6.13. The molecule has 0 aliphatic rings. The van der Waals surface area contributed by atoms with Crippen LogP contribution < -0.4 is 14.8 Å². The maximum atomic E-state index is 12.8. The van der Waals surface area contributed by atoms with Gasteiger partial charge < -0.3 is 10.1 Å². The van der Waals surface area contributed by atoms with Crippen LogP contribution in [0.25, 0.3) is 0 Å². The van der Waals surface area contributed by atoms with Gasteiger partial charge in [-0.05, 0) is 74.0 Å². The van der Waals surface area contributed by atoms with Crippen LogP contribution in [0.15, 0.2) is 71.6 Å². The topological polar surface area (TPSA) is 84.5 Å². The Hall–Kier alpha value is -3.03. The van der Waals surface area contributed by atoms with Crippen LogP contribution in [-0.4, -0.2) is 20.9 Å². The number of halogens is 1. The summed E-state index contributed by atoms with van der Waals surface area (Å²) in [6.07, 6.45) is 0. The van der Waals surface area contributed by atoms with Crippen molar-refractivity contribution >= 4 is 38.9 Å². The van der Waals surface area contributed by atoms with E-state index in [9.17, 15) is 13.2 Å². The predicted octanol–water partition coefficient (Wildman–Crippen LogP) is 5.10. The van der Waals surface area contributed by atoms with Crippen molar-refractivity contribution in [3.05, 3.63) is 82.9 Å². The molecule has 0 heterocycles. The number of benzene rings is 3. The Balaban J connectivity index is 1.79. The van der Waals surface area contributed by atoms with Crippen LogP contribution in [0.5, 0.6) is 5.75 Å². The summed E-state index contributed by atoms with van der Waals surface area (Å²) in [6, 6.07) is 17.6. The van der Waals surface area contributed by atoms with Gasteiger partial charge in [-0.1, -0.05) is 23.7 Å². The van der Waals surface area contributed by atoms with E-state index in [4.69, 9.17) is 16.3 Å². The molecule has 0 unspecified atom stereocenters. The number of hydrogen-bond acceptors (Lipinski definition) is 4. The number of sulfonamides is 1. The summed E-state index contributed by atoms with van der Waals surface area (Å²) in [6.45, 7) is 4.18. The van der Waals surface area contributed by atoms with E-state index in [-0.39, 0.29) is 10.5 Å². The minimum atomic E-state index is -3.87. The first-order valence-corrected chi connectivity index (χ1v) is 11.1. The molecule has 0 atom stereocenters. The highest BCUT2D eigenvalue weighted by atomic mass is 35.5. The molecule has 30 heavy (non-hydrogen) atoms. The molecule has 6 nitrogen and oxygen atoms in total. The number of carbonyl (C=O) groups excluding carboxylic acids is 1. The first kappa shape index (κ1) is 21.7. The van der Waals surface area contributed by atoms with Crippen molar-refractivity contribution < 1.29 is 17.9 Å². The number of anilines is 2. The van der Waals surface area contributed by atoms with E-state index in [0.717, 1.165) is 5.56 Å². The van der Waals surface area contributed by atoms with Crippen LogP contribution in [0.1, 0.15) is 22.8 Å². The zero-order chi connectivity index (χ0) is 21.7. The Labute approximate surface area is 180 Å². The SMILES string of the molecule is CCOc1ccc(NS(=O)(=O)c2cccc(C(=O)Nc3cccc(Cl)c3C)c2)cc1. The Morgan fingerprint density at radius 3 is 2.43 bits per heavy atom. The minimum absolute atomic E-state index is 0.0214. The van der Waals surface area contributed by atoms with Gasteiger partial charge in [-0.25, -0.2) is 8.42 Å². The number of hydrogen-bond donors (Lipinski definition) is 2. The number of amides is 1. The second-order valence-corrected chi connectivity index (χ2v) is 8.55. The lowest BCUT2D eigenvalue weighted by molar-refractivity contribution is 0.102. The molecule has 3 rings (SSSR count). The molecule has 3 aromatic carbocycles. The van der Waals surface area contributed by atoms with Crippen molar-refractivity contribution in [1.29, 1.82) is 0 Å². The van der Waals surface area contributed by atoms with Crippen LogP contribution in [0.4, 0.5) is 11.4 Å². The Kier molecular flexibility index (Phi) is 6.64. The molecule has 3 aromatic rings. The molecular weight excluding hydrogens is 424 g/mol. The Morgan fingerprint density at radius 1 is 1.03 bits per heavy atom. The van der Waals surface area contributed by atoms with Gasteiger partial charge in [0, 0.05) is 22.0 Å². The molecule has 0 fully saturated rings. The number of rotatable bonds is 7. The van der Waals surface area contributed by atoms with Crippen LogP contribution in [0.3, 0.4) is 0 Å². The summed E-state index contributed by atoms with van der Waals surface area (Å²) in [5.74, 6) is 0.217. The highest BCUT2D eigenvalue weighted by Gasteiger charge is 2.17. The molecule has 0 saturated carbocycles. The zero-order valence-corrected chi connectivity index (χ0v) is 18.0. The second kappa shape index (κ2) is 9.19. The van der Waals surface area contributed by atoms with Crippen LogP contribution >= 0.6 is 11.6 Å². The fourth-order valence-corrected chi connectivity index (χ4v) is 4.02. The van der Waals surface area contributed by atoms with Crippen molar-refractivity contribution in [3.63, 3.8) is 0 Å². The van der Waals surface area contributed by atoms with Gasteiger partial charge in [0.2, 0.25) is 0 Å². The largest absolute Gasteiger partial charge is 0.494 e. The van der Waals surface area contributed by atoms with Crippen LogP contribution in [0.2, 0.25) is 5.02 Å².